The highest BCUT2D eigenvalue weighted by Gasteiger charge is 2.02. The van der Waals surface area contributed by atoms with Crippen LogP contribution in [-0.2, 0) is 0 Å². The largest absolute Gasteiger partial charge is 0.338 e. The third-order valence-corrected chi connectivity index (χ3v) is 2.30. The lowest BCUT2D eigenvalue weighted by Gasteiger charge is -2.02. The van der Waals surface area contributed by atoms with Crippen molar-refractivity contribution in [3.8, 4) is 6.07 Å². The first kappa shape index (κ1) is 8.66. The Balaban J connectivity index is 2.30. The molecule has 0 radical (unpaired) electrons. The summed E-state index contributed by atoms with van der Waals surface area (Å²) < 4.78 is 0. The van der Waals surface area contributed by atoms with Gasteiger partial charge in [-0.2, -0.15) is 16.6 Å². The molecule has 2 rings (SSSR count). The Morgan fingerprint density at radius 3 is 3.14 bits per heavy atom. The SMILES string of the molecule is N#Cc1cncnc1Nc1ccsc1. The highest BCUT2D eigenvalue weighted by Crippen LogP contribution is 2.18. The number of nitrogens with zero attached hydrogens (tertiary/aromatic N) is 3. The Hall–Kier alpha value is -1.93. The van der Waals surface area contributed by atoms with Gasteiger partial charge < -0.3 is 5.32 Å². The maximum atomic E-state index is 8.78. The van der Waals surface area contributed by atoms with Crippen LogP contribution in [0, 0.1) is 11.3 Å². The summed E-state index contributed by atoms with van der Waals surface area (Å²) >= 11 is 1.58. The van der Waals surface area contributed by atoms with Gasteiger partial charge >= 0.3 is 0 Å². The Kier molecular flexibility index (Phi) is 2.38. The van der Waals surface area contributed by atoms with Crippen molar-refractivity contribution in [3.63, 3.8) is 0 Å². The molecule has 0 fully saturated rings. The van der Waals surface area contributed by atoms with Crippen molar-refractivity contribution >= 4 is 22.8 Å². The Morgan fingerprint density at radius 2 is 2.43 bits per heavy atom. The summed E-state index contributed by atoms with van der Waals surface area (Å²) in [6.07, 6.45) is 2.90. The van der Waals surface area contributed by atoms with Crippen LogP contribution in [0.5, 0.6) is 0 Å². The van der Waals surface area contributed by atoms with Gasteiger partial charge in [0.15, 0.2) is 5.82 Å². The summed E-state index contributed by atoms with van der Waals surface area (Å²) in [5.74, 6) is 0.543. The van der Waals surface area contributed by atoms with Crippen molar-refractivity contribution in [1.29, 1.82) is 5.26 Å². The molecule has 0 bridgehead atoms. The van der Waals surface area contributed by atoms with Crippen molar-refractivity contribution in [2.45, 2.75) is 0 Å². The fourth-order valence-corrected chi connectivity index (χ4v) is 1.57. The molecular weight excluding hydrogens is 196 g/mol. The second kappa shape index (κ2) is 3.85. The molecule has 2 heterocycles. The smallest absolute Gasteiger partial charge is 0.151 e. The van der Waals surface area contributed by atoms with Gasteiger partial charge in [-0.05, 0) is 11.4 Å². The summed E-state index contributed by atoms with van der Waals surface area (Å²) in [6, 6.07) is 3.95. The molecule has 68 valence electrons. The van der Waals surface area contributed by atoms with Gasteiger partial charge in [0.1, 0.15) is 18.0 Å². The van der Waals surface area contributed by atoms with Crippen LogP contribution in [0.3, 0.4) is 0 Å². The normalized spacial score (nSPS) is 9.36. The molecule has 0 saturated heterocycles. The van der Waals surface area contributed by atoms with E-state index in [1.807, 2.05) is 22.9 Å². The van der Waals surface area contributed by atoms with Gasteiger partial charge in [-0.15, -0.1) is 0 Å². The molecule has 0 unspecified atom stereocenters. The molecule has 0 saturated carbocycles. The van der Waals surface area contributed by atoms with Gasteiger partial charge in [0.25, 0.3) is 0 Å². The van der Waals surface area contributed by atoms with Gasteiger partial charge in [0, 0.05) is 5.38 Å². The van der Waals surface area contributed by atoms with Crippen LogP contribution in [0.1, 0.15) is 5.56 Å². The van der Waals surface area contributed by atoms with E-state index in [9.17, 15) is 0 Å². The predicted molar refractivity (Wildman–Crippen MR) is 54.3 cm³/mol. The minimum absolute atomic E-state index is 0.443. The fraction of sp³-hybridized carbons (Fsp3) is 0. The maximum Gasteiger partial charge on any atom is 0.151 e. The number of nitrogens with one attached hydrogen (secondary N) is 1. The summed E-state index contributed by atoms with van der Waals surface area (Å²) in [5, 5.41) is 15.7. The average molecular weight is 202 g/mol. The third kappa shape index (κ3) is 1.70. The number of thiophene rings is 1. The average Bonchev–Trinajstić information content (AvgIpc) is 2.71. The van der Waals surface area contributed by atoms with Crippen LogP contribution in [0.15, 0.2) is 29.4 Å². The number of anilines is 2. The molecule has 2 aromatic rings. The first-order valence-electron chi connectivity index (χ1n) is 3.89. The molecule has 14 heavy (non-hydrogen) atoms. The van der Waals surface area contributed by atoms with Crippen molar-refractivity contribution in [2.24, 2.45) is 0 Å². The van der Waals surface area contributed by atoms with Crippen LogP contribution in [0.4, 0.5) is 11.5 Å². The zero-order valence-corrected chi connectivity index (χ0v) is 7.95. The maximum absolute atomic E-state index is 8.78. The molecule has 1 N–H and O–H groups in total. The number of hydrogen-bond acceptors (Lipinski definition) is 5. The first-order valence-corrected chi connectivity index (χ1v) is 4.84. The number of aromatic nitrogens is 2. The van der Waals surface area contributed by atoms with E-state index in [0.29, 0.717) is 11.4 Å². The molecule has 2 aromatic heterocycles. The van der Waals surface area contributed by atoms with Gasteiger partial charge in [0.05, 0.1) is 11.9 Å². The van der Waals surface area contributed by atoms with E-state index in [4.69, 9.17) is 5.26 Å². The summed E-state index contributed by atoms with van der Waals surface area (Å²) in [6.45, 7) is 0. The predicted octanol–water partition coefficient (Wildman–Crippen LogP) is 2.15. The number of hydrogen-bond donors (Lipinski definition) is 1. The van der Waals surface area contributed by atoms with Crippen molar-refractivity contribution in [1.82, 2.24) is 9.97 Å². The Morgan fingerprint density at radius 1 is 1.50 bits per heavy atom. The van der Waals surface area contributed by atoms with Gasteiger partial charge in [-0.1, -0.05) is 0 Å². The second-order valence-electron chi connectivity index (χ2n) is 2.53. The van der Waals surface area contributed by atoms with E-state index in [-0.39, 0.29) is 0 Å². The molecule has 0 aliphatic carbocycles. The summed E-state index contributed by atoms with van der Waals surface area (Å²) in [7, 11) is 0. The minimum Gasteiger partial charge on any atom is -0.338 e. The van der Waals surface area contributed by atoms with E-state index in [1.165, 1.54) is 12.5 Å². The number of nitriles is 1. The summed E-state index contributed by atoms with van der Waals surface area (Å²) in [4.78, 5) is 7.76. The molecule has 0 aliphatic rings. The van der Waals surface area contributed by atoms with Crippen LogP contribution >= 0.6 is 11.3 Å². The Labute approximate surface area is 84.9 Å². The zero-order chi connectivity index (χ0) is 9.80. The molecule has 0 aliphatic heterocycles. The van der Waals surface area contributed by atoms with Gasteiger partial charge in [-0.25, -0.2) is 9.97 Å². The lowest BCUT2D eigenvalue weighted by molar-refractivity contribution is 1.15. The van der Waals surface area contributed by atoms with E-state index < -0.39 is 0 Å². The van der Waals surface area contributed by atoms with Crippen molar-refractivity contribution < 1.29 is 0 Å². The van der Waals surface area contributed by atoms with Crippen LogP contribution in [-0.4, -0.2) is 9.97 Å². The Bertz CT molecular complexity index is 458. The molecule has 0 spiro atoms. The molecule has 0 amide bonds. The highest BCUT2D eigenvalue weighted by molar-refractivity contribution is 7.08. The molecule has 0 aromatic carbocycles. The zero-order valence-electron chi connectivity index (χ0n) is 7.14. The van der Waals surface area contributed by atoms with Crippen molar-refractivity contribution in [2.75, 3.05) is 5.32 Å². The van der Waals surface area contributed by atoms with Gasteiger partial charge in [-0.3, -0.25) is 0 Å². The molecule has 5 heteroatoms. The minimum atomic E-state index is 0.443. The fourth-order valence-electron chi connectivity index (χ4n) is 0.983. The molecule has 0 atom stereocenters. The van der Waals surface area contributed by atoms with E-state index in [0.717, 1.165) is 5.69 Å². The van der Waals surface area contributed by atoms with Crippen LogP contribution in [0.25, 0.3) is 0 Å². The van der Waals surface area contributed by atoms with Crippen molar-refractivity contribution in [3.05, 3.63) is 34.9 Å². The standard InChI is InChI=1S/C9H6N4S/c10-3-7-4-11-6-12-9(7)13-8-1-2-14-5-8/h1-2,4-6H,(H,11,12,13). The quantitative estimate of drug-likeness (QED) is 0.810. The molecular formula is C9H6N4S. The van der Waals surface area contributed by atoms with Crippen LogP contribution < -0.4 is 5.32 Å². The first-order chi connectivity index (χ1) is 6.90. The highest BCUT2D eigenvalue weighted by atomic mass is 32.1. The lowest BCUT2D eigenvalue weighted by atomic mass is 10.3. The monoisotopic (exact) mass is 202 g/mol. The van der Waals surface area contributed by atoms with E-state index in [1.54, 1.807) is 11.3 Å². The number of rotatable bonds is 2. The third-order valence-electron chi connectivity index (χ3n) is 1.62. The topological polar surface area (TPSA) is 61.6 Å². The summed E-state index contributed by atoms with van der Waals surface area (Å²) in [5.41, 5.74) is 1.38. The van der Waals surface area contributed by atoms with Gasteiger partial charge in [0.2, 0.25) is 0 Å². The second-order valence-corrected chi connectivity index (χ2v) is 3.31. The lowest BCUT2D eigenvalue weighted by Crippen LogP contribution is -1.96. The molecule has 4 nitrogen and oxygen atoms in total. The van der Waals surface area contributed by atoms with E-state index in [2.05, 4.69) is 15.3 Å². The van der Waals surface area contributed by atoms with E-state index >= 15 is 0 Å². The van der Waals surface area contributed by atoms with Crippen LogP contribution in [0.2, 0.25) is 0 Å².